The number of amides is 1. The molecule has 0 N–H and O–H groups in total. The number of ether oxygens (including phenoxy) is 1. The number of hydrogen-bond acceptors (Lipinski definition) is 3. The van der Waals surface area contributed by atoms with Gasteiger partial charge in [0.1, 0.15) is 5.82 Å². The largest absolute Gasteiger partial charge is 0.381 e. The van der Waals surface area contributed by atoms with Crippen molar-refractivity contribution >= 4 is 17.6 Å². The lowest BCUT2D eigenvalue weighted by Gasteiger charge is -2.33. The summed E-state index contributed by atoms with van der Waals surface area (Å²) in [6, 6.07) is 14.9. The molecule has 0 spiro atoms. The van der Waals surface area contributed by atoms with E-state index in [1.165, 1.54) is 5.56 Å². The van der Waals surface area contributed by atoms with E-state index in [-0.39, 0.29) is 11.7 Å². The molecule has 2 aromatic rings. The van der Waals surface area contributed by atoms with Crippen molar-refractivity contribution in [3.63, 3.8) is 0 Å². The second-order valence-electron chi connectivity index (χ2n) is 11.5. The van der Waals surface area contributed by atoms with Gasteiger partial charge in [0.15, 0.2) is 0 Å². The Morgan fingerprint density at radius 3 is 2.26 bits per heavy atom. The minimum atomic E-state index is -0.166. The highest BCUT2D eigenvalue weighted by Crippen LogP contribution is 2.30. The van der Waals surface area contributed by atoms with E-state index < -0.39 is 0 Å². The van der Waals surface area contributed by atoms with Gasteiger partial charge in [-0.05, 0) is 91.8 Å². The van der Waals surface area contributed by atoms with E-state index in [1.807, 2.05) is 60.4 Å². The van der Waals surface area contributed by atoms with Gasteiger partial charge in [0, 0.05) is 38.4 Å². The van der Waals surface area contributed by atoms with Crippen molar-refractivity contribution < 1.29 is 13.9 Å². The van der Waals surface area contributed by atoms with E-state index in [2.05, 4.69) is 25.3 Å². The van der Waals surface area contributed by atoms with Crippen molar-refractivity contribution in [2.75, 3.05) is 45.9 Å². The zero-order chi connectivity index (χ0) is 27.8. The van der Waals surface area contributed by atoms with E-state index in [9.17, 15) is 9.18 Å². The first-order chi connectivity index (χ1) is 18.9. The van der Waals surface area contributed by atoms with Crippen LogP contribution in [0.15, 0.2) is 61.2 Å². The molecule has 39 heavy (non-hydrogen) atoms. The maximum Gasteiger partial charge on any atom is 0.254 e. The van der Waals surface area contributed by atoms with Gasteiger partial charge < -0.3 is 14.5 Å². The van der Waals surface area contributed by atoms with E-state index >= 15 is 0 Å². The van der Waals surface area contributed by atoms with Crippen LogP contribution in [0.3, 0.4) is 0 Å². The minimum absolute atomic E-state index is 0.124. The SMILES string of the molecule is C=Cc1ccccc1/C(=C\C)C(=O)N1CCC(CN2CCC(c3ccc(F)cc3)CC2)C1.CC1COCC1C. The molecule has 3 saturated heterocycles. The van der Waals surface area contributed by atoms with Gasteiger partial charge in [-0.2, -0.15) is 0 Å². The molecular formula is C34H45FN2O2. The van der Waals surface area contributed by atoms with Crippen LogP contribution in [0.1, 0.15) is 62.6 Å². The minimum Gasteiger partial charge on any atom is -0.381 e. The molecule has 0 aliphatic carbocycles. The first-order valence-electron chi connectivity index (χ1n) is 14.6. The van der Waals surface area contributed by atoms with Crippen LogP contribution in [0.4, 0.5) is 4.39 Å². The van der Waals surface area contributed by atoms with Gasteiger partial charge >= 0.3 is 0 Å². The van der Waals surface area contributed by atoms with Crippen molar-refractivity contribution in [2.24, 2.45) is 17.8 Å². The molecule has 0 radical (unpaired) electrons. The molecular weight excluding hydrogens is 487 g/mol. The third-order valence-corrected chi connectivity index (χ3v) is 8.74. The molecule has 3 unspecified atom stereocenters. The van der Waals surface area contributed by atoms with E-state index in [0.29, 0.717) is 11.8 Å². The highest BCUT2D eigenvalue weighted by Gasteiger charge is 2.31. The normalized spacial score (nSPS) is 24.4. The fourth-order valence-corrected chi connectivity index (χ4v) is 5.97. The fourth-order valence-electron chi connectivity index (χ4n) is 5.97. The summed E-state index contributed by atoms with van der Waals surface area (Å²) in [5, 5.41) is 0. The van der Waals surface area contributed by atoms with E-state index in [0.717, 1.165) is 93.7 Å². The maximum atomic E-state index is 13.3. The van der Waals surface area contributed by atoms with Crippen molar-refractivity contribution in [1.29, 1.82) is 0 Å². The molecule has 4 nitrogen and oxygen atoms in total. The topological polar surface area (TPSA) is 32.8 Å². The third kappa shape index (κ3) is 7.67. The standard InChI is InChI=1S/C28H33FN2O.C6H12O/c1-3-22-7-5-6-8-27(22)26(4-2)28(32)31-18-13-21(20-31)19-30-16-14-24(15-17-30)23-9-11-25(29)12-10-23;1-5-3-7-4-6(5)2/h3-12,21,24H,1,13-20H2,2H3;5-6H,3-4H2,1-2H3/b26-4+;. The van der Waals surface area contributed by atoms with Crippen LogP contribution in [-0.2, 0) is 9.53 Å². The van der Waals surface area contributed by atoms with Crippen molar-refractivity contribution in [2.45, 2.75) is 46.0 Å². The molecule has 3 atom stereocenters. The summed E-state index contributed by atoms with van der Waals surface area (Å²) in [5.41, 5.74) is 3.97. The molecule has 3 aliphatic rings. The average Bonchev–Trinajstić information content (AvgIpc) is 3.58. The quantitative estimate of drug-likeness (QED) is 0.380. The first kappa shape index (κ1) is 29.2. The molecule has 3 heterocycles. The van der Waals surface area contributed by atoms with E-state index in [1.54, 1.807) is 12.1 Å². The van der Waals surface area contributed by atoms with E-state index in [4.69, 9.17) is 4.74 Å². The highest BCUT2D eigenvalue weighted by molar-refractivity contribution is 6.20. The number of carbonyl (C=O) groups excluding carboxylic acids is 1. The summed E-state index contributed by atoms with van der Waals surface area (Å²) in [6.07, 6.45) is 7.03. The lowest BCUT2D eigenvalue weighted by Crippen LogP contribution is -2.38. The zero-order valence-electron chi connectivity index (χ0n) is 23.9. The van der Waals surface area contributed by atoms with Crippen LogP contribution < -0.4 is 0 Å². The number of piperidine rings is 1. The molecule has 1 amide bonds. The van der Waals surface area contributed by atoms with Gasteiger partial charge in [-0.25, -0.2) is 4.39 Å². The number of hydrogen-bond donors (Lipinski definition) is 0. The van der Waals surface area contributed by atoms with Crippen LogP contribution in [0, 0.1) is 23.6 Å². The predicted molar refractivity (Wildman–Crippen MR) is 159 cm³/mol. The van der Waals surface area contributed by atoms with Gasteiger partial charge in [-0.3, -0.25) is 4.79 Å². The average molecular weight is 533 g/mol. The summed E-state index contributed by atoms with van der Waals surface area (Å²) < 4.78 is 18.4. The Hall–Kier alpha value is -2.76. The van der Waals surface area contributed by atoms with Gasteiger partial charge in [-0.15, -0.1) is 0 Å². The predicted octanol–water partition coefficient (Wildman–Crippen LogP) is 6.89. The lowest BCUT2D eigenvalue weighted by atomic mass is 9.89. The fraction of sp³-hybridized carbons (Fsp3) is 0.500. The van der Waals surface area contributed by atoms with Gasteiger partial charge in [0.2, 0.25) is 0 Å². The highest BCUT2D eigenvalue weighted by atomic mass is 19.1. The number of halogens is 1. The number of nitrogens with zero attached hydrogens (tertiary/aromatic N) is 2. The molecule has 0 bridgehead atoms. The number of benzene rings is 2. The van der Waals surface area contributed by atoms with Gasteiger partial charge in [-0.1, -0.05) is 69.0 Å². The maximum absolute atomic E-state index is 13.3. The van der Waals surface area contributed by atoms with Gasteiger partial charge in [0.05, 0.1) is 0 Å². The van der Waals surface area contributed by atoms with Crippen LogP contribution in [0.2, 0.25) is 0 Å². The molecule has 3 aliphatic heterocycles. The molecule has 0 saturated carbocycles. The summed E-state index contributed by atoms with van der Waals surface area (Å²) in [5.74, 6) is 2.59. The smallest absolute Gasteiger partial charge is 0.254 e. The number of allylic oxidation sites excluding steroid dienone is 1. The number of carbonyl (C=O) groups is 1. The van der Waals surface area contributed by atoms with Crippen molar-refractivity contribution in [1.82, 2.24) is 9.80 Å². The molecule has 5 heteroatoms. The molecule has 2 aromatic carbocycles. The van der Waals surface area contributed by atoms with Crippen molar-refractivity contribution in [3.8, 4) is 0 Å². The third-order valence-electron chi connectivity index (χ3n) is 8.74. The summed E-state index contributed by atoms with van der Waals surface area (Å²) in [4.78, 5) is 17.9. The van der Waals surface area contributed by atoms with Crippen LogP contribution in [0.5, 0.6) is 0 Å². The second kappa shape index (κ2) is 14.0. The Morgan fingerprint density at radius 1 is 1.00 bits per heavy atom. The molecule has 3 fully saturated rings. The summed E-state index contributed by atoms with van der Waals surface area (Å²) >= 11 is 0. The lowest BCUT2D eigenvalue weighted by molar-refractivity contribution is -0.124. The van der Waals surface area contributed by atoms with Crippen LogP contribution in [0.25, 0.3) is 11.6 Å². The molecule has 0 aromatic heterocycles. The Morgan fingerprint density at radius 2 is 1.67 bits per heavy atom. The monoisotopic (exact) mass is 532 g/mol. The Balaban J connectivity index is 0.000000438. The molecule has 5 rings (SSSR count). The van der Waals surface area contributed by atoms with Gasteiger partial charge in [0.25, 0.3) is 5.91 Å². The number of likely N-dealkylation sites (tertiary alicyclic amines) is 2. The Labute approximate surface area is 234 Å². The zero-order valence-corrected chi connectivity index (χ0v) is 23.9. The van der Waals surface area contributed by atoms with Crippen LogP contribution >= 0.6 is 0 Å². The second-order valence-corrected chi connectivity index (χ2v) is 11.5. The molecule has 210 valence electrons. The number of rotatable bonds is 6. The summed E-state index contributed by atoms with van der Waals surface area (Å²) in [6.45, 7) is 17.1. The first-order valence-corrected chi connectivity index (χ1v) is 14.6. The Bertz CT molecular complexity index is 1110. The van der Waals surface area contributed by atoms with Crippen LogP contribution in [-0.4, -0.2) is 61.6 Å². The van der Waals surface area contributed by atoms with Crippen molar-refractivity contribution in [3.05, 3.63) is 83.7 Å². The Kier molecular flexibility index (Phi) is 10.5. The summed E-state index contributed by atoms with van der Waals surface area (Å²) in [7, 11) is 0.